The Morgan fingerprint density at radius 3 is 0.841 bits per heavy atom. The van der Waals surface area contributed by atoms with Gasteiger partial charge in [-0.05, 0) is 160 Å². The molecule has 0 saturated carbocycles. The van der Waals surface area contributed by atoms with E-state index in [2.05, 4.69) is 93.5 Å². The zero-order valence-corrected chi connectivity index (χ0v) is 46.5. The Morgan fingerprint density at radius 2 is 0.609 bits per heavy atom. The van der Waals surface area contributed by atoms with E-state index in [4.69, 9.17) is 0 Å². The summed E-state index contributed by atoms with van der Waals surface area (Å²) in [4.78, 5) is 0. The van der Waals surface area contributed by atoms with Crippen molar-refractivity contribution in [1.29, 1.82) is 0 Å². The van der Waals surface area contributed by atoms with Crippen LogP contribution in [0.1, 0.15) is 252 Å². The first kappa shape index (κ1) is 61.3. The molecular weight excluding hydrogens is 879 g/mol. The van der Waals surface area contributed by atoms with E-state index >= 15 is 0 Å². The molecule has 69 heavy (non-hydrogen) atoms. The molecule has 0 spiro atoms. The molecular formula is C66H98N2Ni. The molecule has 382 valence electrons. The topological polar surface area (TPSA) is 25.3 Å². The summed E-state index contributed by atoms with van der Waals surface area (Å²) in [6.45, 7) is 26.0. The normalized spacial score (nSPS) is 12.1. The Labute approximate surface area is 436 Å². The van der Waals surface area contributed by atoms with Crippen LogP contribution in [-0.2, 0) is 55.0 Å². The van der Waals surface area contributed by atoms with E-state index in [1.54, 1.807) is 38.1 Å². The number of benzene rings is 4. The third kappa shape index (κ3) is 21.2. The minimum atomic E-state index is 0. The van der Waals surface area contributed by atoms with E-state index in [1.807, 2.05) is 60.7 Å². The number of allylic oxidation sites excluding steroid dienone is 2. The maximum atomic E-state index is 12.9. The zero-order chi connectivity index (χ0) is 49.4. The van der Waals surface area contributed by atoms with Crippen LogP contribution in [-0.4, -0.2) is 4.70 Å². The molecule has 0 amide bonds. The molecule has 0 bridgehead atoms. The third-order valence-corrected chi connectivity index (χ3v) is 13.8. The van der Waals surface area contributed by atoms with Crippen molar-refractivity contribution < 1.29 is 21.2 Å². The summed E-state index contributed by atoms with van der Waals surface area (Å²) in [5.74, 6) is 0. The fraction of sp³-hybridized carbons (Fsp3) is 0.545. The third-order valence-electron chi connectivity index (χ3n) is 13.8. The molecule has 1 aliphatic heterocycles. The first-order valence-electron chi connectivity index (χ1n) is 28.2. The molecule has 0 fully saturated rings. The fourth-order valence-electron chi connectivity index (χ4n) is 9.82. The average molecular weight is 978 g/mol. The van der Waals surface area contributed by atoms with E-state index in [0.29, 0.717) is 0 Å². The van der Waals surface area contributed by atoms with Crippen molar-refractivity contribution in [3.8, 4) is 0 Å². The van der Waals surface area contributed by atoms with Gasteiger partial charge >= 0.3 is 16.5 Å². The van der Waals surface area contributed by atoms with Gasteiger partial charge < -0.3 is 5.53 Å². The summed E-state index contributed by atoms with van der Waals surface area (Å²) in [7, 11) is 0. The monoisotopic (exact) mass is 977 g/mol. The van der Waals surface area contributed by atoms with Gasteiger partial charge in [0.15, 0.2) is 0 Å². The second kappa shape index (κ2) is 37.0. The summed E-state index contributed by atoms with van der Waals surface area (Å²) in [6, 6.07) is 29.9. The number of nitrogens with zero attached hydrogens (tertiary/aromatic N) is 2. The van der Waals surface area contributed by atoms with E-state index in [1.165, 1.54) is 138 Å². The summed E-state index contributed by atoms with van der Waals surface area (Å²) >= 11 is 0. The molecule has 1 aliphatic rings. The van der Waals surface area contributed by atoms with Gasteiger partial charge in [-0.2, -0.15) is 49.2 Å². The van der Waals surface area contributed by atoms with Gasteiger partial charge in [0.25, 0.3) is 0 Å². The Hall–Kier alpha value is -3.81. The van der Waals surface area contributed by atoms with Crippen molar-refractivity contribution in [2.24, 2.45) is 0 Å². The van der Waals surface area contributed by atoms with Crippen LogP contribution in [0.2, 0.25) is 0 Å². The second-order valence-electron chi connectivity index (χ2n) is 19.7. The largest absolute Gasteiger partial charge is 2.00 e. The van der Waals surface area contributed by atoms with Crippen LogP contribution in [0, 0.1) is 13.8 Å². The SMILES string of the molecule is CCCCCc1cc(C2=C(CCCC)C(CCCC)=C(c3cc(CCCCC)c(CCCC)c(CCCCC)c3)[N+]2=[N-])cc(CCCCC)c1CCCC.[CH2-]c1ccccc1.[CH2-]c1ccccc1.[Ni+2]. The average Bonchev–Trinajstić information content (AvgIpc) is 3.62. The van der Waals surface area contributed by atoms with Crippen molar-refractivity contribution in [2.45, 2.75) is 235 Å². The first-order chi connectivity index (χ1) is 33.2. The Balaban J connectivity index is 0.000000924. The minimum Gasteiger partial charge on any atom is -0.493 e. The summed E-state index contributed by atoms with van der Waals surface area (Å²) in [5, 5.41) is 0. The number of aryl methyl sites for hydroxylation is 4. The van der Waals surface area contributed by atoms with Crippen molar-refractivity contribution in [2.75, 3.05) is 0 Å². The maximum Gasteiger partial charge on any atom is 2.00 e. The molecule has 0 aromatic heterocycles. The molecule has 1 heterocycles. The van der Waals surface area contributed by atoms with Crippen LogP contribution in [0.25, 0.3) is 16.9 Å². The molecule has 5 rings (SSSR count). The van der Waals surface area contributed by atoms with E-state index < -0.39 is 0 Å². The summed E-state index contributed by atoms with van der Waals surface area (Å²) in [6.07, 6.45) is 33.7. The van der Waals surface area contributed by atoms with Gasteiger partial charge in [0, 0.05) is 22.3 Å². The number of unbranched alkanes of at least 4 members (excludes halogenated alkanes) is 12. The summed E-state index contributed by atoms with van der Waals surface area (Å²) < 4.78 is 1.72. The fourth-order valence-corrected chi connectivity index (χ4v) is 9.82. The van der Waals surface area contributed by atoms with Crippen molar-refractivity contribution in [3.63, 3.8) is 0 Å². The van der Waals surface area contributed by atoms with Gasteiger partial charge in [-0.25, -0.2) is 4.70 Å². The van der Waals surface area contributed by atoms with Crippen LogP contribution >= 0.6 is 0 Å². The Kier molecular flexibility index (Phi) is 32.9. The van der Waals surface area contributed by atoms with Crippen molar-refractivity contribution in [1.82, 2.24) is 0 Å². The molecule has 0 radical (unpaired) electrons. The summed E-state index contributed by atoms with van der Waals surface area (Å²) in [5.41, 5.74) is 32.0. The molecule has 4 aromatic rings. The number of hydrogen-bond acceptors (Lipinski definition) is 0. The molecule has 0 aliphatic carbocycles. The van der Waals surface area contributed by atoms with Crippen molar-refractivity contribution in [3.05, 3.63) is 171 Å². The minimum absolute atomic E-state index is 0. The molecule has 0 atom stereocenters. The molecule has 0 unspecified atom stereocenters. The van der Waals surface area contributed by atoms with Crippen LogP contribution in [0.3, 0.4) is 0 Å². The standard InChI is InChI=1S/C52H84N2.2C7H7.Ni/c1-9-17-25-29-41-37-45(38-42(30-26-18-10-2)47(41)33-21-13-5)51-49(35-23-15-7)50(36-24-16-8)52(54(51)53)46-39-43(31-27-19-11-3)48(34-22-14-6)44(40-46)32-28-20-12-4;2*1-7-5-3-2-4-6-7;/h37-40H,9-36H2,1-8H3;2*2-6H,1H2;/q;2*-1;+2. The smallest absolute Gasteiger partial charge is 0.493 e. The van der Waals surface area contributed by atoms with E-state index in [0.717, 1.165) is 86.7 Å². The quantitative estimate of drug-likeness (QED) is 0.0215. The van der Waals surface area contributed by atoms with Crippen LogP contribution in [0.4, 0.5) is 0 Å². The van der Waals surface area contributed by atoms with Gasteiger partial charge in [0.05, 0.1) is 0 Å². The molecule has 4 aromatic carbocycles. The van der Waals surface area contributed by atoms with Gasteiger partial charge in [0.1, 0.15) is 0 Å². The zero-order valence-electron chi connectivity index (χ0n) is 45.5. The van der Waals surface area contributed by atoms with E-state index in [-0.39, 0.29) is 16.5 Å². The maximum absolute atomic E-state index is 12.9. The van der Waals surface area contributed by atoms with E-state index in [9.17, 15) is 5.53 Å². The Morgan fingerprint density at radius 1 is 0.348 bits per heavy atom. The van der Waals surface area contributed by atoms with Gasteiger partial charge in [0.2, 0.25) is 11.4 Å². The number of hydrogen-bond donors (Lipinski definition) is 0. The van der Waals surface area contributed by atoms with Gasteiger partial charge in [-0.3, -0.25) is 0 Å². The predicted molar refractivity (Wildman–Crippen MR) is 301 cm³/mol. The Bertz CT molecular complexity index is 1850. The van der Waals surface area contributed by atoms with Gasteiger partial charge in [-0.1, -0.05) is 145 Å². The molecule has 0 saturated heterocycles. The first-order valence-corrected chi connectivity index (χ1v) is 28.2. The van der Waals surface area contributed by atoms with Crippen LogP contribution in [0.5, 0.6) is 0 Å². The van der Waals surface area contributed by atoms with Crippen LogP contribution < -0.4 is 0 Å². The predicted octanol–water partition coefficient (Wildman–Crippen LogP) is 20.6. The molecule has 2 nitrogen and oxygen atoms in total. The second-order valence-corrected chi connectivity index (χ2v) is 19.7. The molecule has 3 heteroatoms. The van der Waals surface area contributed by atoms with Crippen molar-refractivity contribution >= 4 is 11.4 Å². The van der Waals surface area contributed by atoms with Gasteiger partial charge in [-0.15, -0.1) is 24.3 Å². The number of rotatable bonds is 30. The molecule has 0 N–H and O–H groups in total. The van der Waals surface area contributed by atoms with Crippen LogP contribution in [0.15, 0.2) is 96.1 Å².